The first-order valence-electron chi connectivity index (χ1n) is 5.78. The van der Waals surface area contributed by atoms with Crippen LogP contribution in [0.2, 0.25) is 5.02 Å². The van der Waals surface area contributed by atoms with Gasteiger partial charge in [0.25, 0.3) is 5.91 Å². The fraction of sp³-hybridized carbons (Fsp3) is 0.0667. The molecule has 0 saturated heterocycles. The summed E-state index contributed by atoms with van der Waals surface area (Å²) in [6, 6.07) is 10.5. The van der Waals surface area contributed by atoms with E-state index in [0.717, 1.165) is 6.07 Å². The summed E-state index contributed by atoms with van der Waals surface area (Å²) in [4.78, 5) is 12.1. The average molecular weight is 289 g/mol. The van der Waals surface area contributed by atoms with Crippen molar-refractivity contribution in [2.24, 2.45) is 0 Å². The zero-order valence-corrected chi connectivity index (χ0v) is 11.3. The van der Waals surface area contributed by atoms with Crippen LogP contribution in [0.3, 0.4) is 0 Å². The number of nitrogens with one attached hydrogen (secondary N) is 1. The smallest absolute Gasteiger partial charge is 0.255 e. The Morgan fingerprint density at radius 1 is 1.30 bits per heavy atom. The third-order valence-electron chi connectivity index (χ3n) is 2.65. The summed E-state index contributed by atoms with van der Waals surface area (Å²) in [5, 5.41) is 11.9. The molecular weight excluding hydrogens is 279 g/mol. The van der Waals surface area contributed by atoms with Gasteiger partial charge >= 0.3 is 0 Å². The molecule has 0 aliphatic rings. The van der Waals surface area contributed by atoms with Crippen LogP contribution >= 0.6 is 11.6 Å². The first-order valence-corrected chi connectivity index (χ1v) is 6.15. The first-order chi connectivity index (χ1) is 9.49. The molecule has 2 aromatic rings. The fourth-order valence-corrected chi connectivity index (χ4v) is 1.95. The van der Waals surface area contributed by atoms with Crippen molar-refractivity contribution in [3.8, 4) is 6.07 Å². The summed E-state index contributed by atoms with van der Waals surface area (Å²) in [6.45, 7) is 1.69. The second-order valence-corrected chi connectivity index (χ2v) is 4.71. The number of benzene rings is 2. The van der Waals surface area contributed by atoms with Gasteiger partial charge in [-0.25, -0.2) is 4.39 Å². The fourth-order valence-electron chi connectivity index (χ4n) is 1.78. The molecule has 0 atom stereocenters. The lowest BCUT2D eigenvalue weighted by Gasteiger charge is -2.08. The van der Waals surface area contributed by atoms with Gasteiger partial charge in [0.15, 0.2) is 0 Å². The lowest BCUT2D eigenvalue weighted by Crippen LogP contribution is -2.13. The maximum absolute atomic E-state index is 13.3. The minimum atomic E-state index is -0.494. The second-order valence-electron chi connectivity index (χ2n) is 4.27. The van der Waals surface area contributed by atoms with Gasteiger partial charge in [0.05, 0.1) is 11.3 Å². The zero-order chi connectivity index (χ0) is 14.7. The number of amides is 1. The minimum Gasteiger partial charge on any atom is -0.321 e. The van der Waals surface area contributed by atoms with Crippen molar-refractivity contribution in [3.63, 3.8) is 0 Å². The van der Waals surface area contributed by atoms with Crippen LogP contribution < -0.4 is 5.32 Å². The summed E-state index contributed by atoms with van der Waals surface area (Å²) in [5.41, 5.74) is 1.41. The monoisotopic (exact) mass is 288 g/mol. The van der Waals surface area contributed by atoms with E-state index >= 15 is 0 Å². The summed E-state index contributed by atoms with van der Waals surface area (Å²) in [5.74, 6) is -0.979. The Morgan fingerprint density at radius 2 is 2.05 bits per heavy atom. The van der Waals surface area contributed by atoms with E-state index in [4.69, 9.17) is 16.9 Å². The highest BCUT2D eigenvalue weighted by Crippen LogP contribution is 2.21. The molecule has 0 saturated carbocycles. The molecule has 1 N–H and O–H groups in total. The predicted molar refractivity (Wildman–Crippen MR) is 75.3 cm³/mol. The van der Waals surface area contributed by atoms with E-state index in [-0.39, 0.29) is 11.1 Å². The van der Waals surface area contributed by atoms with Crippen LogP contribution in [0.5, 0.6) is 0 Å². The molecule has 0 spiro atoms. The first kappa shape index (κ1) is 14.0. The van der Waals surface area contributed by atoms with Gasteiger partial charge in [-0.05, 0) is 48.9 Å². The van der Waals surface area contributed by atoms with Crippen molar-refractivity contribution < 1.29 is 9.18 Å². The number of nitrogens with zero attached hydrogens (tertiary/aromatic N) is 1. The molecular formula is C15H10ClFN2O. The van der Waals surface area contributed by atoms with E-state index in [9.17, 15) is 9.18 Å². The van der Waals surface area contributed by atoms with E-state index in [1.54, 1.807) is 19.1 Å². The van der Waals surface area contributed by atoms with E-state index < -0.39 is 11.7 Å². The molecule has 0 unspecified atom stereocenters. The number of carbonyl (C=O) groups is 1. The van der Waals surface area contributed by atoms with Crippen LogP contribution in [0.15, 0.2) is 36.4 Å². The number of halogens is 2. The van der Waals surface area contributed by atoms with Crippen molar-refractivity contribution in [2.75, 3.05) is 5.32 Å². The molecule has 0 aromatic heterocycles. The van der Waals surface area contributed by atoms with Gasteiger partial charge in [-0.15, -0.1) is 0 Å². The number of aryl methyl sites for hydroxylation is 1. The van der Waals surface area contributed by atoms with E-state index in [0.29, 0.717) is 16.3 Å². The second kappa shape index (κ2) is 5.72. The number of anilines is 1. The Morgan fingerprint density at radius 3 is 2.70 bits per heavy atom. The highest BCUT2D eigenvalue weighted by Gasteiger charge is 2.11. The van der Waals surface area contributed by atoms with Crippen LogP contribution in [0.4, 0.5) is 10.1 Å². The van der Waals surface area contributed by atoms with E-state index in [1.807, 2.05) is 6.07 Å². The average Bonchev–Trinajstić information content (AvgIpc) is 2.37. The summed E-state index contributed by atoms with van der Waals surface area (Å²) in [7, 11) is 0. The van der Waals surface area contributed by atoms with Crippen molar-refractivity contribution >= 4 is 23.2 Å². The molecule has 20 heavy (non-hydrogen) atoms. The Hall–Kier alpha value is -2.38. The SMILES string of the molecule is Cc1cc(F)cc(C(=O)Nc2cc(Cl)ccc2C#N)c1. The highest BCUT2D eigenvalue weighted by atomic mass is 35.5. The Bertz CT molecular complexity index is 702. The lowest BCUT2D eigenvalue weighted by atomic mass is 10.1. The van der Waals surface area contributed by atoms with Gasteiger partial charge in [-0.3, -0.25) is 4.79 Å². The molecule has 3 nitrogen and oxygen atoms in total. The molecule has 100 valence electrons. The highest BCUT2D eigenvalue weighted by molar-refractivity contribution is 6.31. The summed E-state index contributed by atoms with van der Waals surface area (Å²) in [6.07, 6.45) is 0. The normalized spacial score (nSPS) is 9.90. The van der Waals surface area contributed by atoms with Crippen molar-refractivity contribution in [3.05, 3.63) is 63.9 Å². The van der Waals surface area contributed by atoms with Crippen LogP contribution in [-0.2, 0) is 0 Å². The van der Waals surface area contributed by atoms with Crippen molar-refractivity contribution in [2.45, 2.75) is 6.92 Å². The Labute approximate surface area is 120 Å². The molecule has 0 aliphatic carbocycles. The third kappa shape index (κ3) is 3.14. The largest absolute Gasteiger partial charge is 0.321 e. The number of hydrogen-bond donors (Lipinski definition) is 1. The number of nitriles is 1. The number of rotatable bonds is 2. The minimum absolute atomic E-state index is 0.186. The predicted octanol–water partition coefficient (Wildman–Crippen LogP) is 3.91. The Balaban J connectivity index is 2.32. The molecule has 2 rings (SSSR count). The van der Waals surface area contributed by atoms with E-state index in [1.165, 1.54) is 18.2 Å². The maximum atomic E-state index is 13.3. The quantitative estimate of drug-likeness (QED) is 0.911. The molecule has 5 heteroatoms. The summed E-state index contributed by atoms with van der Waals surface area (Å²) >= 11 is 5.83. The molecule has 0 bridgehead atoms. The molecule has 2 aromatic carbocycles. The van der Waals surface area contributed by atoms with Crippen LogP contribution in [0.1, 0.15) is 21.5 Å². The van der Waals surface area contributed by atoms with Gasteiger partial charge in [-0.2, -0.15) is 5.26 Å². The molecule has 0 fully saturated rings. The van der Waals surface area contributed by atoms with Crippen LogP contribution in [0.25, 0.3) is 0 Å². The Kier molecular flexibility index (Phi) is 4.02. The molecule has 0 aliphatic heterocycles. The van der Waals surface area contributed by atoms with Gasteiger partial charge < -0.3 is 5.32 Å². The van der Waals surface area contributed by atoms with Gasteiger partial charge in [0.2, 0.25) is 0 Å². The van der Waals surface area contributed by atoms with Gasteiger partial charge in [0.1, 0.15) is 11.9 Å². The van der Waals surface area contributed by atoms with Gasteiger partial charge in [0, 0.05) is 10.6 Å². The third-order valence-corrected chi connectivity index (χ3v) is 2.89. The molecule has 0 radical (unpaired) electrons. The van der Waals surface area contributed by atoms with Gasteiger partial charge in [-0.1, -0.05) is 11.6 Å². The summed E-state index contributed by atoms with van der Waals surface area (Å²) < 4.78 is 13.3. The van der Waals surface area contributed by atoms with Crippen LogP contribution in [0, 0.1) is 24.1 Å². The zero-order valence-electron chi connectivity index (χ0n) is 10.6. The molecule has 1 amide bonds. The van der Waals surface area contributed by atoms with Crippen molar-refractivity contribution in [1.29, 1.82) is 5.26 Å². The lowest BCUT2D eigenvalue weighted by molar-refractivity contribution is 0.102. The van der Waals surface area contributed by atoms with Crippen molar-refractivity contribution in [1.82, 2.24) is 0 Å². The topological polar surface area (TPSA) is 52.9 Å². The number of carbonyl (C=O) groups excluding carboxylic acids is 1. The number of hydrogen-bond acceptors (Lipinski definition) is 2. The van der Waals surface area contributed by atoms with E-state index in [2.05, 4.69) is 5.32 Å². The molecule has 0 heterocycles. The maximum Gasteiger partial charge on any atom is 0.255 e. The standard InChI is InChI=1S/C15H10ClFN2O/c1-9-4-11(6-13(17)5-9)15(20)19-14-7-12(16)3-2-10(14)8-18/h2-7H,1H3,(H,19,20). The van der Waals surface area contributed by atoms with Crippen LogP contribution in [-0.4, -0.2) is 5.91 Å².